The number of nitrogens with one attached hydrogen (secondary N) is 1. The van der Waals surface area contributed by atoms with Crippen molar-refractivity contribution in [3.8, 4) is 10.6 Å². The van der Waals surface area contributed by atoms with Gasteiger partial charge in [0.15, 0.2) is 5.78 Å². The first-order valence-corrected chi connectivity index (χ1v) is 11.8. The van der Waals surface area contributed by atoms with Crippen molar-refractivity contribution in [1.82, 2.24) is 15.3 Å². The fourth-order valence-electron chi connectivity index (χ4n) is 3.08. The Kier molecular flexibility index (Phi) is 7.23. The smallest absolute Gasteiger partial charge is 0.408 e. The van der Waals surface area contributed by atoms with Gasteiger partial charge in [-0.2, -0.15) is 0 Å². The molecule has 0 fully saturated rings. The Morgan fingerprint density at radius 3 is 2.45 bits per heavy atom. The Morgan fingerprint density at radius 1 is 1.13 bits per heavy atom. The van der Waals surface area contributed by atoms with Gasteiger partial charge in [-0.15, -0.1) is 22.7 Å². The second-order valence-corrected chi connectivity index (χ2v) is 10.5. The van der Waals surface area contributed by atoms with E-state index >= 15 is 0 Å². The van der Waals surface area contributed by atoms with Crippen LogP contribution in [0.15, 0.2) is 35.7 Å². The topological polar surface area (TPSA) is 81.2 Å². The van der Waals surface area contributed by atoms with E-state index in [1.165, 1.54) is 11.3 Å². The fourth-order valence-corrected chi connectivity index (χ4v) is 4.83. The van der Waals surface area contributed by atoms with E-state index in [9.17, 15) is 9.59 Å². The molecule has 3 aromatic rings. The molecule has 6 nitrogen and oxygen atoms in total. The van der Waals surface area contributed by atoms with Crippen LogP contribution in [0.4, 0.5) is 4.79 Å². The Morgan fingerprint density at radius 2 is 1.84 bits per heavy atom. The Balaban J connectivity index is 1.74. The molecule has 1 aromatic carbocycles. The van der Waals surface area contributed by atoms with E-state index in [0.717, 1.165) is 31.8 Å². The van der Waals surface area contributed by atoms with Gasteiger partial charge in [0.05, 0.1) is 33.7 Å². The van der Waals surface area contributed by atoms with Crippen molar-refractivity contribution in [2.45, 2.75) is 59.1 Å². The van der Waals surface area contributed by atoms with Crippen LogP contribution in [0.1, 0.15) is 42.0 Å². The molecule has 0 bridgehead atoms. The first-order valence-electron chi connectivity index (χ1n) is 10.1. The molecule has 0 aliphatic carbocycles. The van der Waals surface area contributed by atoms with Gasteiger partial charge in [0.1, 0.15) is 10.6 Å². The maximum absolute atomic E-state index is 13.1. The third kappa shape index (κ3) is 6.70. The summed E-state index contributed by atoms with van der Waals surface area (Å²) in [6.07, 6.45) is -0.0589. The van der Waals surface area contributed by atoms with Crippen LogP contribution in [0.25, 0.3) is 10.6 Å². The molecule has 164 valence electrons. The third-order valence-corrected chi connectivity index (χ3v) is 6.32. The maximum Gasteiger partial charge on any atom is 0.408 e. The zero-order chi connectivity index (χ0) is 22.6. The van der Waals surface area contributed by atoms with Crippen LogP contribution in [0.5, 0.6) is 0 Å². The molecule has 2 heterocycles. The lowest BCUT2D eigenvalue weighted by molar-refractivity contribution is -0.120. The average Bonchev–Trinajstić information content (AvgIpc) is 3.26. The highest BCUT2D eigenvalue weighted by atomic mass is 32.1. The Hall–Kier alpha value is -2.58. The van der Waals surface area contributed by atoms with Crippen molar-refractivity contribution >= 4 is 34.6 Å². The molecule has 8 heteroatoms. The minimum Gasteiger partial charge on any atom is -0.444 e. The molecule has 0 aliphatic heterocycles. The molecular formula is C23H27N3O3S2. The number of thiazole rings is 2. The molecule has 31 heavy (non-hydrogen) atoms. The summed E-state index contributed by atoms with van der Waals surface area (Å²) in [5.74, 6) is -0.104. The normalized spacial score (nSPS) is 12.4. The van der Waals surface area contributed by atoms with Crippen LogP contribution in [0.2, 0.25) is 0 Å². The minimum absolute atomic E-state index is 0.104. The first-order chi connectivity index (χ1) is 14.6. The highest BCUT2D eigenvalue weighted by Gasteiger charge is 2.25. The molecule has 1 atom stereocenters. The van der Waals surface area contributed by atoms with Gasteiger partial charge in [-0.05, 0) is 46.6 Å². The number of alkyl carbamates (subject to hydrolysis) is 1. The molecule has 0 aliphatic rings. The summed E-state index contributed by atoms with van der Waals surface area (Å²) in [6.45, 7) is 9.31. The molecule has 0 radical (unpaired) electrons. The third-order valence-electron chi connectivity index (χ3n) is 4.38. The SMILES string of the molecule is Cc1nc(C)c(-c2csc(CC(=O)[C@H](Cc3ccccc3)NC(=O)OC(C)(C)C)n2)s1. The zero-order valence-corrected chi connectivity index (χ0v) is 20.0. The molecule has 1 N–H and O–H groups in total. The number of benzene rings is 1. The van der Waals surface area contributed by atoms with E-state index < -0.39 is 17.7 Å². The largest absolute Gasteiger partial charge is 0.444 e. The van der Waals surface area contributed by atoms with Crippen molar-refractivity contribution in [2.24, 2.45) is 0 Å². The van der Waals surface area contributed by atoms with Crippen LogP contribution in [-0.2, 0) is 22.4 Å². The summed E-state index contributed by atoms with van der Waals surface area (Å²) in [6, 6.07) is 8.92. The van der Waals surface area contributed by atoms with Gasteiger partial charge in [-0.3, -0.25) is 4.79 Å². The number of carbonyl (C=O) groups is 2. The number of Topliss-reactive ketones (excluding diaryl/α,β-unsaturated/α-hetero) is 1. The molecule has 0 saturated heterocycles. The van der Waals surface area contributed by atoms with E-state index in [0.29, 0.717) is 6.42 Å². The van der Waals surface area contributed by atoms with Crippen molar-refractivity contribution in [1.29, 1.82) is 0 Å². The van der Waals surface area contributed by atoms with Crippen LogP contribution in [0, 0.1) is 13.8 Å². The van der Waals surface area contributed by atoms with Gasteiger partial charge in [0.25, 0.3) is 0 Å². The van der Waals surface area contributed by atoms with Gasteiger partial charge in [0.2, 0.25) is 0 Å². The second kappa shape index (κ2) is 9.70. The van der Waals surface area contributed by atoms with Crippen molar-refractivity contribution in [3.63, 3.8) is 0 Å². The molecule has 2 aromatic heterocycles. The van der Waals surface area contributed by atoms with Gasteiger partial charge < -0.3 is 10.1 Å². The van der Waals surface area contributed by atoms with E-state index in [1.54, 1.807) is 32.1 Å². The number of nitrogens with zero attached hydrogens (tertiary/aromatic N) is 2. The molecule has 0 saturated carbocycles. The van der Waals surface area contributed by atoms with Crippen LogP contribution in [-0.4, -0.2) is 33.5 Å². The Labute approximate surface area is 190 Å². The monoisotopic (exact) mass is 457 g/mol. The molecule has 1 amide bonds. The van der Waals surface area contributed by atoms with E-state index in [1.807, 2.05) is 49.6 Å². The van der Waals surface area contributed by atoms with Crippen LogP contribution < -0.4 is 5.32 Å². The summed E-state index contributed by atoms with van der Waals surface area (Å²) in [5, 5.41) is 6.41. The van der Waals surface area contributed by atoms with Gasteiger partial charge in [-0.25, -0.2) is 14.8 Å². The predicted octanol–water partition coefficient (Wildman–Crippen LogP) is 5.13. The van der Waals surface area contributed by atoms with Gasteiger partial charge in [0, 0.05) is 5.38 Å². The minimum atomic E-state index is -0.697. The number of hydrogen-bond donors (Lipinski definition) is 1. The van der Waals surface area contributed by atoms with E-state index in [-0.39, 0.29) is 12.2 Å². The quantitative estimate of drug-likeness (QED) is 0.532. The lowest BCUT2D eigenvalue weighted by Crippen LogP contribution is -2.45. The van der Waals surface area contributed by atoms with Crippen LogP contribution in [0.3, 0.4) is 0 Å². The lowest BCUT2D eigenvalue weighted by Gasteiger charge is -2.23. The number of ketones is 1. The summed E-state index contributed by atoms with van der Waals surface area (Å²) < 4.78 is 5.36. The molecular weight excluding hydrogens is 430 g/mol. The number of aromatic nitrogens is 2. The Bertz CT molecular complexity index is 1050. The van der Waals surface area contributed by atoms with Gasteiger partial charge in [-0.1, -0.05) is 30.3 Å². The van der Waals surface area contributed by atoms with Gasteiger partial charge >= 0.3 is 6.09 Å². The number of hydrogen-bond acceptors (Lipinski definition) is 7. The number of carbonyl (C=O) groups excluding carboxylic acids is 2. The van der Waals surface area contributed by atoms with E-state index in [2.05, 4.69) is 15.3 Å². The summed E-state index contributed by atoms with van der Waals surface area (Å²) in [4.78, 5) is 35.6. The predicted molar refractivity (Wildman–Crippen MR) is 125 cm³/mol. The number of rotatable bonds is 7. The second-order valence-electron chi connectivity index (χ2n) is 8.31. The number of amides is 1. The standard InChI is InChI=1S/C23H27N3O3S2/c1-14-21(31-15(2)24-14)18-13-30-20(25-18)12-19(27)17(11-16-9-7-6-8-10-16)26-22(28)29-23(3,4)5/h6-10,13,17H,11-12H2,1-5H3,(H,26,28)/t17-/m0/s1. The molecule has 0 spiro atoms. The summed E-state index contributed by atoms with van der Waals surface area (Å²) >= 11 is 3.04. The van der Waals surface area contributed by atoms with E-state index in [4.69, 9.17) is 4.74 Å². The van der Waals surface area contributed by atoms with Crippen molar-refractivity contribution in [3.05, 3.63) is 57.0 Å². The van der Waals surface area contributed by atoms with Crippen molar-refractivity contribution < 1.29 is 14.3 Å². The maximum atomic E-state index is 13.1. The number of ether oxygens (including phenoxy) is 1. The lowest BCUT2D eigenvalue weighted by atomic mass is 10.0. The summed E-state index contributed by atoms with van der Waals surface area (Å²) in [5.41, 5.74) is 2.11. The van der Waals surface area contributed by atoms with Crippen LogP contribution >= 0.6 is 22.7 Å². The fraction of sp³-hybridized carbons (Fsp3) is 0.391. The molecule has 3 rings (SSSR count). The summed E-state index contributed by atoms with van der Waals surface area (Å²) in [7, 11) is 0. The first kappa shape index (κ1) is 23.1. The highest BCUT2D eigenvalue weighted by molar-refractivity contribution is 7.16. The van der Waals surface area contributed by atoms with Crippen molar-refractivity contribution in [2.75, 3.05) is 0 Å². The average molecular weight is 458 g/mol. The zero-order valence-electron chi connectivity index (χ0n) is 18.4. The number of aryl methyl sites for hydroxylation is 2. The molecule has 0 unspecified atom stereocenters. The highest BCUT2D eigenvalue weighted by Crippen LogP contribution is 2.30.